The molecule has 1 aromatic rings. The predicted molar refractivity (Wildman–Crippen MR) is 64.8 cm³/mol. The van der Waals surface area contributed by atoms with Crippen LogP contribution in [-0.2, 0) is 6.42 Å². The van der Waals surface area contributed by atoms with Crippen LogP contribution in [0, 0.1) is 6.92 Å². The summed E-state index contributed by atoms with van der Waals surface area (Å²) in [6.07, 6.45) is 1.91. The fraction of sp³-hybridized carbons (Fsp3) is 0.462. The average molecular weight is 236 g/mol. The van der Waals surface area contributed by atoms with Gasteiger partial charge in [0.2, 0.25) is 0 Å². The average Bonchev–Trinajstić information content (AvgIpc) is 2.71. The summed E-state index contributed by atoms with van der Waals surface area (Å²) in [5, 5.41) is 5.38. The zero-order valence-corrected chi connectivity index (χ0v) is 9.92. The number of amides is 2. The normalized spacial score (nSPS) is 17.6. The van der Waals surface area contributed by atoms with Crippen LogP contribution in [0.3, 0.4) is 0 Å². The molecule has 3 nitrogen and oxygen atoms in total. The van der Waals surface area contributed by atoms with Gasteiger partial charge in [-0.15, -0.1) is 0 Å². The molecule has 2 amide bonds. The molecule has 0 aliphatic heterocycles. The smallest absolute Gasteiger partial charge is 0.315 e. The van der Waals surface area contributed by atoms with E-state index < -0.39 is 6.67 Å². The molecule has 1 atom stereocenters. The zero-order chi connectivity index (χ0) is 12.3. The summed E-state index contributed by atoms with van der Waals surface area (Å²) in [6.45, 7) is 1.59. The number of hydrogen-bond donors (Lipinski definition) is 2. The van der Waals surface area contributed by atoms with Crippen LogP contribution < -0.4 is 10.6 Å². The van der Waals surface area contributed by atoms with Crippen LogP contribution in [-0.4, -0.2) is 19.3 Å². The molecule has 1 aliphatic rings. The summed E-state index contributed by atoms with van der Waals surface area (Å²) < 4.78 is 11.9. The molecule has 0 heterocycles. The van der Waals surface area contributed by atoms with Crippen LogP contribution in [0.5, 0.6) is 0 Å². The van der Waals surface area contributed by atoms with Gasteiger partial charge in [0.25, 0.3) is 0 Å². The highest BCUT2D eigenvalue weighted by molar-refractivity contribution is 5.74. The number of carbonyl (C=O) groups is 1. The second-order valence-electron chi connectivity index (χ2n) is 4.33. The minimum atomic E-state index is -0.534. The van der Waals surface area contributed by atoms with Gasteiger partial charge in [-0.25, -0.2) is 9.18 Å². The molecular formula is C13H17FN2O. The molecule has 1 unspecified atom stereocenters. The fourth-order valence-corrected chi connectivity index (χ4v) is 2.42. The number of nitrogens with one attached hydrogen (secondary N) is 2. The van der Waals surface area contributed by atoms with E-state index in [-0.39, 0.29) is 18.6 Å². The molecule has 17 heavy (non-hydrogen) atoms. The number of carbonyl (C=O) groups excluding carboxylic acids is 1. The maximum Gasteiger partial charge on any atom is 0.315 e. The van der Waals surface area contributed by atoms with Crippen molar-refractivity contribution in [1.29, 1.82) is 0 Å². The van der Waals surface area contributed by atoms with E-state index in [1.165, 1.54) is 16.7 Å². The van der Waals surface area contributed by atoms with Crippen molar-refractivity contribution in [2.24, 2.45) is 0 Å². The summed E-state index contributed by atoms with van der Waals surface area (Å²) in [5.41, 5.74) is 3.74. The number of rotatable bonds is 3. The van der Waals surface area contributed by atoms with Gasteiger partial charge in [-0.2, -0.15) is 0 Å². The molecule has 0 spiro atoms. The molecule has 1 aromatic carbocycles. The molecular weight excluding hydrogens is 219 g/mol. The Labute approximate surface area is 100 Å². The second kappa shape index (κ2) is 5.17. The van der Waals surface area contributed by atoms with Gasteiger partial charge in [0, 0.05) is 6.54 Å². The Morgan fingerprint density at radius 3 is 3.12 bits per heavy atom. The van der Waals surface area contributed by atoms with Gasteiger partial charge < -0.3 is 10.6 Å². The number of fused-ring (bicyclic) bond motifs is 1. The second-order valence-corrected chi connectivity index (χ2v) is 4.33. The molecule has 4 heteroatoms. The minimum absolute atomic E-state index is 0.0609. The summed E-state index contributed by atoms with van der Waals surface area (Å²) in [6, 6.07) is 5.97. The summed E-state index contributed by atoms with van der Waals surface area (Å²) in [7, 11) is 0. The zero-order valence-electron chi connectivity index (χ0n) is 9.92. The van der Waals surface area contributed by atoms with Crippen molar-refractivity contribution < 1.29 is 9.18 Å². The number of urea groups is 1. The maximum atomic E-state index is 11.9. The van der Waals surface area contributed by atoms with Crippen molar-refractivity contribution in [2.75, 3.05) is 13.2 Å². The quantitative estimate of drug-likeness (QED) is 0.830. The fourth-order valence-electron chi connectivity index (χ4n) is 2.42. The van der Waals surface area contributed by atoms with Gasteiger partial charge in [0.05, 0.1) is 6.04 Å². The SMILES string of the molecule is Cc1cccc2c1C(NC(=O)NCCF)CC2. The Morgan fingerprint density at radius 2 is 2.35 bits per heavy atom. The van der Waals surface area contributed by atoms with Crippen LogP contribution in [0.2, 0.25) is 0 Å². The van der Waals surface area contributed by atoms with Gasteiger partial charge in [-0.05, 0) is 36.5 Å². The standard InChI is InChI=1S/C13H17FN2O/c1-9-3-2-4-10-5-6-11(12(9)10)16-13(17)15-8-7-14/h2-4,11H,5-8H2,1H3,(H2,15,16,17). The molecule has 0 bridgehead atoms. The predicted octanol–water partition coefficient (Wildman–Crippen LogP) is 2.25. The molecule has 0 radical (unpaired) electrons. The Bertz CT molecular complexity index is 420. The first kappa shape index (κ1) is 11.9. The molecule has 0 fully saturated rings. The van der Waals surface area contributed by atoms with E-state index in [4.69, 9.17) is 0 Å². The van der Waals surface area contributed by atoms with E-state index in [0.29, 0.717) is 0 Å². The lowest BCUT2D eigenvalue weighted by atomic mass is 10.0. The van der Waals surface area contributed by atoms with Crippen LogP contribution in [0.15, 0.2) is 18.2 Å². The lowest BCUT2D eigenvalue weighted by Crippen LogP contribution is -2.38. The summed E-state index contributed by atoms with van der Waals surface area (Å²) in [5.74, 6) is 0. The lowest BCUT2D eigenvalue weighted by Gasteiger charge is -2.16. The largest absolute Gasteiger partial charge is 0.336 e. The third kappa shape index (κ3) is 2.57. The number of alkyl halides is 1. The topological polar surface area (TPSA) is 41.1 Å². The van der Waals surface area contributed by atoms with Gasteiger partial charge in [0.1, 0.15) is 6.67 Å². The summed E-state index contributed by atoms with van der Waals surface area (Å²) in [4.78, 5) is 11.5. The Kier molecular flexibility index (Phi) is 3.61. The van der Waals surface area contributed by atoms with Crippen molar-refractivity contribution in [3.05, 3.63) is 34.9 Å². The van der Waals surface area contributed by atoms with E-state index in [9.17, 15) is 9.18 Å². The van der Waals surface area contributed by atoms with Gasteiger partial charge >= 0.3 is 6.03 Å². The molecule has 0 saturated carbocycles. The molecule has 2 rings (SSSR count). The Balaban J connectivity index is 2.04. The van der Waals surface area contributed by atoms with Crippen LogP contribution in [0.1, 0.15) is 29.2 Å². The van der Waals surface area contributed by atoms with Crippen molar-refractivity contribution in [1.82, 2.24) is 10.6 Å². The molecule has 92 valence electrons. The Morgan fingerprint density at radius 1 is 1.53 bits per heavy atom. The number of hydrogen-bond acceptors (Lipinski definition) is 1. The van der Waals surface area contributed by atoms with Gasteiger partial charge in [-0.1, -0.05) is 18.2 Å². The van der Waals surface area contributed by atoms with Crippen molar-refractivity contribution in [3.63, 3.8) is 0 Å². The molecule has 0 saturated heterocycles. The number of aryl methyl sites for hydroxylation is 2. The third-order valence-corrected chi connectivity index (χ3v) is 3.15. The van der Waals surface area contributed by atoms with Crippen molar-refractivity contribution >= 4 is 6.03 Å². The van der Waals surface area contributed by atoms with E-state index in [1.807, 2.05) is 6.07 Å². The minimum Gasteiger partial charge on any atom is -0.336 e. The molecule has 0 aromatic heterocycles. The number of benzene rings is 1. The van der Waals surface area contributed by atoms with E-state index in [0.717, 1.165) is 12.8 Å². The van der Waals surface area contributed by atoms with Gasteiger partial charge in [-0.3, -0.25) is 0 Å². The van der Waals surface area contributed by atoms with E-state index in [2.05, 4.69) is 29.7 Å². The highest BCUT2D eigenvalue weighted by atomic mass is 19.1. The first-order valence-corrected chi connectivity index (χ1v) is 5.91. The third-order valence-electron chi connectivity index (χ3n) is 3.15. The first-order valence-electron chi connectivity index (χ1n) is 5.91. The maximum absolute atomic E-state index is 11.9. The number of halogens is 1. The van der Waals surface area contributed by atoms with Crippen molar-refractivity contribution in [3.8, 4) is 0 Å². The monoisotopic (exact) mass is 236 g/mol. The summed E-state index contributed by atoms with van der Waals surface area (Å²) >= 11 is 0. The Hall–Kier alpha value is -1.58. The lowest BCUT2D eigenvalue weighted by molar-refractivity contribution is 0.236. The van der Waals surface area contributed by atoms with Crippen LogP contribution >= 0.6 is 0 Å². The van der Waals surface area contributed by atoms with E-state index >= 15 is 0 Å². The first-order chi connectivity index (χ1) is 8.22. The highest BCUT2D eigenvalue weighted by Crippen LogP contribution is 2.33. The molecule has 1 aliphatic carbocycles. The molecule has 2 N–H and O–H groups in total. The van der Waals surface area contributed by atoms with Crippen LogP contribution in [0.4, 0.5) is 9.18 Å². The van der Waals surface area contributed by atoms with Gasteiger partial charge in [0.15, 0.2) is 0 Å². The highest BCUT2D eigenvalue weighted by Gasteiger charge is 2.24. The van der Waals surface area contributed by atoms with Crippen molar-refractivity contribution in [2.45, 2.75) is 25.8 Å². The van der Waals surface area contributed by atoms with Crippen LogP contribution in [0.25, 0.3) is 0 Å². The van der Waals surface area contributed by atoms with E-state index in [1.54, 1.807) is 0 Å².